The maximum atomic E-state index is 5.29. The molecule has 0 N–H and O–H groups in total. The van der Waals surface area contributed by atoms with E-state index in [0.717, 1.165) is 117 Å². The van der Waals surface area contributed by atoms with Crippen LogP contribution in [0, 0.1) is 0 Å². The lowest BCUT2D eigenvalue weighted by atomic mass is 10.0. The van der Waals surface area contributed by atoms with Crippen LogP contribution in [0.1, 0.15) is 0 Å². The topological polar surface area (TPSA) is 102 Å². The first kappa shape index (κ1) is 87.8. The van der Waals surface area contributed by atoms with E-state index < -0.39 is 0 Å². The summed E-state index contributed by atoms with van der Waals surface area (Å²) in [6.45, 7) is 0. The summed E-state index contributed by atoms with van der Waals surface area (Å²) >= 11 is 1.85. The number of hydrogen-bond donors (Lipinski definition) is 0. The van der Waals surface area contributed by atoms with Crippen LogP contribution in [0.2, 0.25) is 0 Å². The normalized spacial score (nSPS) is 11.6. The van der Waals surface area contributed by atoms with Gasteiger partial charge in [-0.25, -0.2) is 19.9 Å². The van der Waals surface area contributed by atoms with Gasteiger partial charge in [-0.1, -0.05) is 376 Å². The molecule has 0 unspecified atom stereocenters. The number of benzene rings is 21. The Balaban J connectivity index is 0.000000109. The third-order valence-corrected chi connectivity index (χ3v) is 30.3. The highest BCUT2D eigenvalue weighted by Crippen LogP contribution is 2.46. The van der Waals surface area contributed by atoms with Crippen molar-refractivity contribution in [3.63, 3.8) is 0 Å². The largest absolute Gasteiger partial charge is 0.309 e. The molecule has 0 fully saturated rings. The second-order valence-corrected chi connectivity index (χ2v) is 39.1. The van der Waals surface area contributed by atoms with Gasteiger partial charge in [0, 0.05) is 124 Å². The van der Waals surface area contributed by atoms with E-state index in [9.17, 15) is 0 Å². The van der Waals surface area contributed by atoms with E-state index in [2.05, 4.69) is 484 Å². The molecule has 150 heavy (non-hydrogen) atoms. The van der Waals surface area contributed by atoms with E-state index in [4.69, 9.17) is 29.9 Å². The first-order chi connectivity index (χ1) is 74.4. The monoisotopic (exact) mass is 1930 g/mol. The molecule has 11 nitrogen and oxygen atoms in total. The second kappa shape index (κ2) is 37.4. The zero-order chi connectivity index (χ0) is 99.1. The van der Waals surface area contributed by atoms with Crippen LogP contribution in [-0.4, -0.2) is 52.7 Å². The van der Waals surface area contributed by atoms with Gasteiger partial charge >= 0.3 is 0 Å². The molecule has 0 atom stereocenters. The SMILES string of the molecule is c1ccc(-c2ccc(-c3cc(-c4ccccc4)nc(-n4c5ccccc5c5cc(-c6ccc7c(c6)c6ccccc6n7-c6ccccc6)ccc54)n3)cc2)cc1.c1ccc(-c2cccc(-c3cccc(-n4c5ccccc5c5cc(-c6ccc7c(c6)c6ccccc6n7-c6ccccc6)ccc54)c3)n2)cc1.c1ccc(-c2nc(-c3ccccc3)nc(-n3c4ccccc4c4cc(-c5ccc6sc7ccccc7c6c5)ccc43)n2)cc1. The van der Waals surface area contributed by atoms with E-state index in [1.54, 1.807) is 0 Å². The van der Waals surface area contributed by atoms with Crippen molar-refractivity contribution in [3.05, 3.63) is 540 Å². The number of hydrogen-bond acceptors (Lipinski definition) is 7. The van der Waals surface area contributed by atoms with Gasteiger partial charge in [0.25, 0.3) is 0 Å². The Labute approximate surface area is 868 Å². The molecule has 0 amide bonds. The molecule has 0 radical (unpaired) electrons. The number of rotatable bonds is 15. The Hall–Kier alpha value is -19.9. The molecule has 0 spiro atoms. The average molecular weight is 1930 g/mol. The zero-order valence-electron chi connectivity index (χ0n) is 81.2. The molecule has 702 valence electrons. The molecule has 0 saturated carbocycles. The van der Waals surface area contributed by atoms with Crippen LogP contribution in [0.3, 0.4) is 0 Å². The van der Waals surface area contributed by atoms with Crippen LogP contribution in [0.15, 0.2) is 540 Å². The number of fused-ring (bicyclic) bond motifs is 18. The lowest BCUT2D eigenvalue weighted by molar-refractivity contribution is 0.953. The molecule has 0 aliphatic heterocycles. The molecule has 30 rings (SSSR count). The quantitative estimate of drug-likeness (QED) is 0.101. The van der Waals surface area contributed by atoms with Crippen molar-refractivity contribution >= 4 is 141 Å². The number of nitrogens with zero attached hydrogens (tertiary/aromatic N) is 11. The summed E-state index contributed by atoms with van der Waals surface area (Å²) in [4.78, 5) is 30.6. The van der Waals surface area contributed by atoms with Gasteiger partial charge in [-0.15, -0.1) is 11.3 Å². The van der Waals surface area contributed by atoms with Crippen molar-refractivity contribution in [1.29, 1.82) is 0 Å². The standard InChI is InChI=1S/C52H34N4.C47H31N3.C39H24N4S/c1-4-14-35(15-5-1)36-24-26-38(27-25-36)47-34-46(37-16-6-2-7-17-37)53-52(54-47)56-49-23-13-11-21-43(49)45-33-40(29-31-51(45)56)39-28-30-50-44(32-39)42-20-10-12-22-48(42)55(50)41-18-8-3-9-19-41;1-3-13-32(14-4-1)42-21-12-22-43(48-42)35-15-11-18-37(29-35)50-45-24-10-8-20-39(45)41-31-34(26-28-47(41)50)33-25-27-46-40(30-33)38-19-7-9-23-44(38)49(46)36-16-5-2-6-17-36;1-3-11-25(12-4-1)37-40-38(26-13-5-2-6-14-26)42-39(41-37)43-33-17-9-7-15-29(33)31-23-27(19-21-34(31)43)28-20-22-36-32(24-28)30-16-8-10-18-35(30)44-36/h1-34H;1-31H;1-24H. The minimum absolute atomic E-state index is 0.600. The smallest absolute Gasteiger partial charge is 0.238 e. The van der Waals surface area contributed by atoms with Crippen LogP contribution in [0.5, 0.6) is 0 Å². The lowest BCUT2D eigenvalue weighted by Crippen LogP contribution is -2.06. The van der Waals surface area contributed by atoms with Gasteiger partial charge < -0.3 is 13.7 Å². The summed E-state index contributed by atoms with van der Waals surface area (Å²) in [5.41, 5.74) is 34.3. The van der Waals surface area contributed by atoms with Gasteiger partial charge in [-0.05, 0) is 208 Å². The fourth-order valence-corrected chi connectivity index (χ4v) is 23.1. The fourth-order valence-electron chi connectivity index (χ4n) is 22.1. The number of pyridine rings is 1. The third kappa shape index (κ3) is 15.8. The van der Waals surface area contributed by atoms with Crippen molar-refractivity contribution < 1.29 is 0 Å². The molecule has 0 bridgehead atoms. The van der Waals surface area contributed by atoms with Crippen molar-refractivity contribution in [2.75, 3.05) is 0 Å². The molecule has 30 aromatic rings. The summed E-state index contributed by atoms with van der Waals surface area (Å²) in [5.74, 6) is 2.53. The predicted octanol–water partition coefficient (Wildman–Crippen LogP) is 36.0. The summed E-state index contributed by atoms with van der Waals surface area (Å²) in [6, 6.07) is 191. The Bertz CT molecular complexity index is 10400. The fraction of sp³-hybridized carbons (Fsp3) is 0. The lowest BCUT2D eigenvalue weighted by Gasteiger charge is -2.12. The van der Waals surface area contributed by atoms with E-state index in [-0.39, 0.29) is 0 Å². The first-order valence-corrected chi connectivity index (χ1v) is 51.5. The van der Waals surface area contributed by atoms with Gasteiger partial charge in [0.05, 0.1) is 77.9 Å². The minimum Gasteiger partial charge on any atom is -0.309 e. The van der Waals surface area contributed by atoms with Gasteiger partial charge in [0.15, 0.2) is 11.6 Å². The van der Waals surface area contributed by atoms with Gasteiger partial charge in [0.1, 0.15) is 0 Å². The van der Waals surface area contributed by atoms with E-state index in [1.165, 1.54) is 130 Å². The first-order valence-electron chi connectivity index (χ1n) is 50.7. The van der Waals surface area contributed by atoms with E-state index in [0.29, 0.717) is 23.5 Å². The number of para-hydroxylation sites is 7. The van der Waals surface area contributed by atoms with Crippen LogP contribution < -0.4 is 0 Å². The summed E-state index contributed by atoms with van der Waals surface area (Å²) in [6.07, 6.45) is 0. The second-order valence-electron chi connectivity index (χ2n) is 38.0. The van der Waals surface area contributed by atoms with Gasteiger partial charge in [-0.2, -0.15) is 9.97 Å². The molecule has 21 aromatic carbocycles. The van der Waals surface area contributed by atoms with Crippen LogP contribution >= 0.6 is 11.3 Å². The molecule has 0 aliphatic carbocycles. The molecule has 9 aromatic heterocycles. The van der Waals surface area contributed by atoms with Crippen molar-refractivity contribution in [3.8, 4) is 141 Å². The molecular weight excluding hydrogens is 1840 g/mol. The van der Waals surface area contributed by atoms with Crippen molar-refractivity contribution in [2.45, 2.75) is 0 Å². The molecule has 0 saturated heterocycles. The summed E-state index contributed by atoms with van der Waals surface area (Å²) < 4.78 is 14.1. The van der Waals surface area contributed by atoms with Crippen LogP contribution in [0.4, 0.5) is 0 Å². The van der Waals surface area contributed by atoms with Crippen molar-refractivity contribution in [1.82, 2.24) is 52.7 Å². The maximum absolute atomic E-state index is 5.29. The third-order valence-electron chi connectivity index (χ3n) is 29.1. The Kier molecular flexibility index (Phi) is 21.9. The van der Waals surface area contributed by atoms with Gasteiger partial charge in [0.2, 0.25) is 11.9 Å². The average Bonchev–Trinajstić information content (AvgIpc) is 1.59. The van der Waals surface area contributed by atoms with Crippen LogP contribution in [-0.2, 0) is 0 Å². The Morgan fingerprint density at radius 3 is 0.807 bits per heavy atom. The highest BCUT2D eigenvalue weighted by molar-refractivity contribution is 7.25. The predicted molar refractivity (Wildman–Crippen MR) is 625 cm³/mol. The highest BCUT2D eigenvalue weighted by atomic mass is 32.1. The molecule has 12 heteroatoms. The van der Waals surface area contributed by atoms with Crippen LogP contribution in [0.25, 0.3) is 270 Å². The summed E-state index contributed by atoms with van der Waals surface area (Å²) in [7, 11) is 0. The molecule has 9 heterocycles. The maximum Gasteiger partial charge on any atom is 0.238 e. The summed E-state index contributed by atoms with van der Waals surface area (Å²) in [5, 5.41) is 14.7. The van der Waals surface area contributed by atoms with E-state index in [1.807, 2.05) is 90.2 Å². The Morgan fingerprint density at radius 1 is 0.127 bits per heavy atom. The minimum atomic E-state index is 0.600. The molecular formula is C138H89N11S. The van der Waals surface area contributed by atoms with Crippen molar-refractivity contribution in [2.24, 2.45) is 0 Å². The number of aromatic nitrogens is 11. The zero-order valence-corrected chi connectivity index (χ0v) is 82.0. The van der Waals surface area contributed by atoms with Gasteiger partial charge in [-0.3, -0.25) is 9.13 Å². The highest BCUT2D eigenvalue weighted by Gasteiger charge is 2.25. The van der Waals surface area contributed by atoms with E-state index >= 15 is 0 Å². The Morgan fingerprint density at radius 2 is 0.387 bits per heavy atom. The molecule has 0 aliphatic rings. The number of thiophene rings is 1.